The van der Waals surface area contributed by atoms with Crippen molar-refractivity contribution in [2.45, 2.75) is 13.0 Å². The summed E-state index contributed by atoms with van der Waals surface area (Å²) in [5, 5.41) is 5.42. The third-order valence-corrected chi connectivity index (χ3v) is 3.55. The van der Waals surface area contributed by atoms with Gasteiger partial charge >= 0.3 is 0 Å². The Bertz CT molecular complexity index is 699. The quantitative estimate of drug-likeness (QED) is 0.892. The van der Waals surface area contributed by atoms with Gasteiger partial charge in [0.15, 0.2) is 6.10 Å². The van der Waals surface area contributed by atoms with Crippen molar-refractivity contribution in [2.24, 2.45) is 0 Å². The van der Waals surface area contributed by atoms with Gasteiger partial charge in [-0.3, -0.25) is 9.59 Å². The lowest BCUT2D eigenvalue weighted by Crippen LogP contribution is -2.23. The highest BCUT2D eigenvalue weighted by atomic mass is 16.5. The molecule has 23 heavy (non-hydrogen) atoms. The Hall–Kier alpha value is -2.66. The summed E-state index contributed by atoms with van der Waals surface area (Å²) in [6.45, 7) is 1.84. The summed E-state index contributed by atoms with van der Waals surface area (Å²) in [5.74, 6) is -0.417. The van der Waals surface area contributed by atoms with Crippen LogP contribution in [0.25, 0.3) is 0 Å². The van der Waals surface area contributed by atoms with Crippen molar-refractivity contribution in [1.82, 2.24) is 5.32 Å². The van der Waals surface area contributed by atoms with Crippen LogP contribution in [-0.2, 0) is 9.53 Å². The molecule has 5 heteroatoms. The number of anilines is 1. The third kappa shape index (κ3) is 3.96. The summed E-state index contributed by atoms with van der Waals surface area (Å²) in [4.78, 5) is 24.1. The first-order valence-electron chi connectivity index (χ1n) is 7.28. The lowest BCUT2D eigenvalue weighted by atomic mass is 10.1. The first-order chi connectivity index (χ1) is 11.1. The first-order valence-corrected chi connectivity index (χ1v) is 7.28. The number of carbonyl (C=O) groups is 2. The number of aryl methyl sites for hydroxylation is 1. The smallest absolute Gasteiger partial charge is 0.258 e. The second-order valence-electron chi connectivity index (χ2n) is 5.12. The predicted octanol–water partition coefficient (Wildman–Crippen LogP) is 2.68. The van der Waals surface area contributed by atoms with Gasteiger partial charge in [-0.05, 0) is 36.2 Å². The standard InChI is InChI=1S/C18H20N2O3/c1-12-11-14(17(21)19-2)9-10-15(12)20-18(22)16(23-3)13-7-5-4-6-8-13/h4-11,16H,1-3H3,(H,19,21)(H,20,22)/t16-/m0/s1. The number of amides is 2. The van der Waals surface area contributed by atoms with Crippen molar-refractivity contribution < 1.29 is 14.3 Å². The fourth-order valence-electron chi connectivity index (χ4n) is 2.31. The molecule has 0 saturated carbocycles. The molecule has 120 valence electrons. The van der Waals surface area contributed by atoms with Crippen LogP contribution in [-0.4, -0.2) is 26.0 Å². The van der Waals surface area contributed by atoms with Gasteiger partial charge in [0.2, 0.25) is 0 Å². The zero-order valence-corrected chi connectivity index (χ0v) is 13.4. The fraction of sp³-hybridized carbons (Fsp3) is 0.222. The molecule has 0 unspecified atom stereocenters. The normalized spacial score (nSPS) is 11.6. The van der Waals surface area contributed by atoms with Crippen LogP contribution < -0.4 is 10.6 Å². The van der Waals surface area contributed by atoms with Crippen LogP contribution in [0.15, 0.2) is 48.5 Å². The molecule has 5 nitrogen and oxygen atoms in total. The van der Waals surface area contributed by atoms with Crippen molar-refractivity contribution in [3.63, 3.8) is 0 Å². The van der Waals surface area contributed by atoms with Crippen LogP contribution in [0.4, 0.5) is 5.69 Å². The zero-order valence-electron chi connectivity index (χ0n) is 13.4. The van der Waals surface area contributed by atoms with Crippen LogP contribution in [0.2, 0.25) is 0 Å². The van der Waals surface area contributed by atoms with E-state index in [1.54, 1.807) is 25.2 Å². The van der Waals surface area contributed by atoms with Crippen molar-refractivity contribution in [1.29, 1.82) is 0 Å². The number of hydrogen-bond donors (Lipinski definition) is 2. The van der Waals surface area contributed by atoms with E-state index in [-0.39, 0.29) is 11.8 Å². The molecule has 0 bridgehead atoms. The second kappa shape index (κ2) is 7.56. The van der Waals surface area contributed by atoms with E-state index in [2.05, 4.69) is 10.6 Å². The zero-order chi connectivity index (χ0) is 16.8. The Morgan fingerprint density at radius 1 is 1.09 bits per heavy atom. The number of nitrogens with one attached hydrogen (secondary N) is 2. The minimum atomic E-state index is -0.686. The molecule has 0 fully saturated rings. The Kier molecular flexibility index (Phi) is 5.49. The van der Waals surface area contributed by atoms with Gasteiger partial charge in [0.25, 0.3) is 11.8 Å². The van der Waals surface area contributed by atoms with Gasteiger partial charge in [-0.15, -0.1) is 0 Å². The Balaban J connectivity index is 2.18. The molecule has 1 atom stereocenters. The highest BCUT2D eigenvalue weighted by Gasteiger charge is 2.20. The van der Waals surface area contributed by atoms with E-state index in [1.165, 1.54) is 7.11 Å². The maximum absolute atomic E-state index is 12.5. The number of hydrogen-bond acceptors (Lipinski definition) is 3. The van der Waals surface area contributed by atoms with Crippen molar-refractivity contribution >= 4 is 17.5 Å². The number of benzene rings is 2. The second-order valence-corrected chi connectivity index (χ2v) is 5.12. The summed E-state index contributed by atoms with van der Waals surface area (Å²) in [6.07, 6.45) is -0.686. The largest absolute Gasteiger partial charge is 0.367 e. The molecule has 2 aromatic rings. The summed E-state index contributed by atoms with van der Waals surface area (Å²) in [6, 6.07) is 14.4. The van der Waals surface area contributed by atoms with Gasteiger partial charge in [-0.25, -0.2) is 0 Å². The summed E-state index contributed by atoms with van der Waals surface area (Å²) in [5.41, 5.74) is 2.80. The van der Waals surface area contributed by atoms with Gasteiger partial charge < -0.3 is 15.4 Å². The predicted molar refractivity (Wildman–Crippen MR) is 89.4 cm³/mol. The molecule has 2 aromatic carbocycles. The Labute approximate surface area is 135 Å². The van der Waals surface area contributed by atoms with E-state index in [4.69, 9.17) is 4.74 Å². The van der Waals surface area contributed by atoms with E-state index in [0.29, 0.717) is 11.3 Å². The molecule has 0 spiro atoms. The molecule has 0 saturated heterocycles. The number of ether oxygens (including phenoxy) is 1. The van der Waals surface area contributed by atoms with Crippen molar-refractivity contribution in [3.8, 4) is 0 Å². The van der Waals surface area contributed by atoms with Crippen molar-refractivity contribution in [3.05, 3.63) is 65.2 Å². The van der Waals surface area contributed by atoms with E-state index in [9.17, 15) is 9.59 Å². The third-order valence-electron chi connectivity index (χ3n) is 3.55. The summed E-state index contributed by atoms with van der Waals surface area (Å²) < 4.78 is 5.31. The topological polar surface area (TPSA) is 67.4 Å². The lowest BCUT2D eigenvalue weighted by Gasteiger charge is -2.17. The van der Waals surface area contributed by atoms with E-state index >= 15 is 0 Å². The van der Waals surface area contributed by atoms with Gasteiger partial charge in [-0.2, -0.15) is 0 Å². The SMILES string of the molecule is CNC(=O)c1ccc(NC(=O)[C@@H](OC)c2ccccc2)c(C)c1. The minimum absolute atomic E-state index is 0.162. The van der Waals surface area contributed by atoms with Gasteiger partial charge in [0.1, 0.15) is 0 Å². The fourth-order valence-corrected chi connectivity index (χ4v) is 2.31. The van der Waals surface area contributed by atoms with Crippen LogP contribution >= 0.6 is 0 Å². The molecule has 0 aromatic heterocycles. The van der Waals surface area contributed by atoms with E-state index in [0.717, 1.165) is 11.1 Å². The Morgan fingerprint density at radius 2 is 1.78 bits per heavy atom. The molecular weight excluding hydrogens is 292 g/mol. The highest BCUT2D eigenvalue weighted by Crippen LogP contribution is 2.21. The molecular formula is C18H20N2O3. The lowest BCUT2D eigenvalue weighted by molar-refractivity contribution is -0.126. The van der Waals surface area contributed by atoms with Crippen LogP contribution in [0, 0.1) is 6.92 Å². The highest BCUT2D eigenvalue weighted by molar-refractivity contribution is 5.98. The maximum atomic E-state index is 12.5. The number of methoxy groups -OCH3 is 1. The molecule has 2 amide bonds. The summed E-state index contributed by atoms with van der Waals surface area (Å²) in [7, 11) is 3.08. The van der Waals surface area contributed by atoms with E-state index < -0.39 is 6.10 Å². The first kappa shape index (κ1) is 16.7. The minimum Gasteiger partial charge on any atom is -0.367 e. The molecule has 0 aliphatic heterocycles. The van der Waals surface area contributed by atoms with Crippen LogP contribution in [0.5, 0.6) is 0 Å². The molecule has 0 radical (unpaired) electrons. The van der Waals surface area contributed by atoms with E-state index in [1.807, 2.05) is 37.3 Å². The van der Waals surface area contributed by atoms with Gasteiger partial charge in [0, 0.05) is 25.4 Å². The Morgan fingerprint density at radius 3 is 2.35 bits per heavy atom. The molecule has 2 N–H and O–H groups in total. The molecule has 2 rings (SSSR count). The number of carbonyl (C=O) groups excluding carboxylic acids is 2. The molecule has 0 aliphatic carbocycles. The molecule has 0 heterocycles. The van der Waals surface area contributed by atoms with Gasteiger partial charge in [0.05, 0.1) is 0 Å². The molecule has 0 aliphatic rings. The maximum Gasteiger partial charge on any atom is 0.258 e. The van der Waals surface area contributed by atoms with Gasteiger partial charge in [-0.1, -0.05) is 30.3 Å². The monoisotopic (exact) mass is 312 g/mol. The average Bonchev–Trinajstić information content (AvgIpc) is 2.57. The number of rotatable bonds is 5. The summed E-state index contributed by atoms with van der Waals surface area (Å²) >= 11 is 0. The van der Waals surface area contributed by atoms with Crippen LogP contribution in [0.3, 0.4) is 0 Å². The van der Waals surface area contributed by atoms with Crippen molar-refractivity contribution in [2.75, 3.05) is 19.5 Å². The van der Waals surface area contributed by atoms with Crippen LogP contribution in [0.1, 0.15) is 27.6 Å². The average molecular weight is 312 g/mol.